The normalized spacial score (nSPS) is 16.7. The molecule has 1 aromatic heterocycles. The predicted molar refractivity (Wildman–Crippen MR) is 103 cm³/mol. The highest BCUT2D eigenvalue weighted by atomic mass is 127. The van der Waals surface area contributed by atoms with Gasteiger partial charge in [0.05, 0.1) is 5.69 Å². The Morgan fingerprint density at radius 3 is 2.50 bits per heavy atom. The summed E-state index contributed by atoms with van der Waals surface area (Å²) in [7, 11) is 0. The Bertz CT molecular complexity index is 855. The van der Waals surface area contributed by atoms with Crippen molar-refractivity contribution in [2.24, 2.45) is 0 Å². The number of furan rings is 1. The summed E-state index contributed by atoms with van der Waals surface area (Å²) in [5, 5.41) is 2.62. The van der Waals surface area contributed by atoms with Gasteiger partial charge in [-0.15, -0.1) is 0 Å². The van der Waals surface area contributed by atoms with Crippen LogP contribution in [0, 0.1) is 3.77 Å². The monoisotopic (exact) mass is 452 g/mol. The van der Waals surface area contributed by atoms with Gasteiger partial charge in [-0.1, -0.05) is 19.1 Å². The highest BCUT2D eigenvalue weighted by Crippen LogP contribution is 2.23. The second kappa shape index (κ2) is 6.86. The van der Waals surface area contributed by atoms with E-state index in [0.29, 0.717) is 15.2 Å². The third-order valence-electron chi connectivity index (χ3n) is 3.59. The van der Waals surface area contributed by atoms with Gasteiger partial charge in [-0.05, 0) is 77.1 Å². The lowest BCUT2D eigenvalue weighted by atomic mass is 10.1. The maximum Gasteiger partial charge on any atom is 0.270 e. The second-order valence-electron chi connectivity index (χ2n) is 5.12. The van der Waals surface area contributed by atoms with Crippen molar-refractivity contribution in [2.75, 3.05) is 4.90 Å². The molecule has 0 atom stereocenters. The van der Waals surface area contributed by atoms with E-state index < -0.39 is 11.8 Å². The first-order chi connectivity index (χ1) is 11.5. The number of amides is 2. The molecule has 0 unspecified atom stereocenters. The van der Waals surface area contributed by atoms with Crippen molar-refractivity contribution in [3.63, 3.8) is 0 Å². The fraction of sp³-hybridized carbons (Fsp3) is 0.118. The first-order valence-electron chi connectivity index (χ1n) is 7.25. The Kier molecular flexibility index (Phi) is 4.81. The minimum atomic E-state index is -0.530. The van der Waals surface area contributed by atoms with E-state index in [1.165, 1.54) is 11.0 Å². The molecule has 1 saturated heterocycles. The number of carbonyl (C=O) groups excluding carboxylic acids is 2. The molecule has 0 bridgehead atoms. The van der Waals surface area contributed by atoms with Crippen molar-refractivity contribution in [1.82, 2.24) is 5.32 Å². The molecule has 1 aromatic carbocycles. The molecular formula is C17H13IN2O3S. The van der Waals surface area contributed by atoms with Gasteiger partial charge < -0.3 is 4.42 Å². The second-order valence-corrected chi connectivity index (χ2v) is 6.57. The number of aryl methyl sites for hydroxylation is 1. The standard InChI is InChI=1S/C17H13IN2O3S/c1-2-10-3-5-11(6-4-10)20-16(22)13(15(21)19-17(20)24)9-12-7-8-14(18)23-12/h3-9H,2H2,1H3,(H,19,21,24)/b13-9+. The van der Waals surface area contributed by atoms with E-state index in [2.05, 4.69) is 12.2 Å². The van der Waals surface area contributed by atoms with E-state index in [4.69, 9.17) is 16.6 Å². The average molecular weight is 452 g/mol. The van der Waals surface area contributed by atoms with Gasteiger partial charge in [0.25, 0.3) is 11.8 Å². The lowest BCUT2D eigenvalue weighted by Gasteiger charge is -2.28. The number of carbonyl (C=O) groups is 2. The van der Waals surface area contributed by atoms with Crippen molar-refractivity contribution in [3.8, 4) is 0 Å². The average Bonchev–Trinajstić information content (AvgIpc) is 2.97. The number of rotatable bonds is 3. The smallest absolute Gasteiger partial charge is 0.270 e. The lowest BCUT2D eigenvalue weighted by Crippen LogP contribution is -2.54. The molecule has 1 N–H and O–H groups in total. The Labute approximate surface area is 157 Å². The summed E-state index contributed by atoms with van der Waals surface area (Å²) >= 11 is 7.18. The topological polar surface area (TPSA) is 62.6 Å². The number of nitrogens with zero attached hydrogens (tertiary/aromatic N) is 1. The quantitative estimate of drug-likeness (QED) is 0.336. The van der Waals surface area contributed by atoms with Crippen LogP contribution >= 0.6 is 34.8 Å². The van der Waals surface area contributed by atoms with Gasteiger partial charge in [0, 0.05) is 0 Å². The van der Waals surface area contributed by atoms with Gasteiger partial charge in [-0.2, -0.15) is 0 Å². The van der Waals surface area contributed by atoms with Crippen LogP contribution in [0.1, 0.15) is 18.2 Å². The van der Waals surface area contributed by atoms with E-state index in [0.717, 1.165) is 12.0 Å². The molecule has 0 aliphatic carbocycles. The summed E-state index contributed by atoms with van der Waals surface area (Å²) in [5.41, 5.74) is 1.75. The highest BCUT2D eigenvalue weighted by molar-refractivity contribution is 14.1. The van der Waals surface area contributed by atoms with Gasteiger partial charge in [-0.25, -0.2) is 0 Å². The van der Waals surface area contributed by atoms with Crippen LogP contribution in [0.4, 0.5) is 5.69 Å². The van der Waals surface area contributed by atoms with E-state index in [1.54, 1.807) is 12.1 Å². The molecular weight excluding hydrogens is 439 g/mol. The van der Waals surface area contributed by atoms with Crippen molar-refractivity contribution in [3.05, 3.63) is 57.1 Å². The Morgan fingerprint density at radius 2 is 1.92 bits per heavy atom. The largest absolute Gasteiger partial charge is 0.451 e. The first kappa shape index (κ1) is 16.8. The molecule has 2 heterocycles. The van der Waals surface area contributed by atoms with E-state index in [-0.39, 0.29) is 10.7 Å². The van der Waals surface area contributed by atoms with Gasteiger partial charge in [0.2, 0.25) is 0 Å². The number of nitrogens with one attached hydrogen (secondary N) is 1. The van der Waals surface area contributed by atoms with Crippen LogP contribution in [0.5, 0.6) is 0 Å². The zero-order chi connectivity index (χ0) is 17.3. The van der Waals surface area contributed by atoms with Crippen molar-refractivity contribution < 1.29 is 14.0 Å². The van der Waals surface area contributed by atoms with Crippen LogP contribution in [0.3, 0.4) is 0 Å². The van der Waals surface area contributed by atoms with E-state index in [9.17, 15) is 9.59 Å². The third kappa shape index (κ3) is 3.27. The minimum absolute atomic E-state index is 0.0195. The molecule has 1 fully saturated rings. The summed E-state index contributed by atoms with van der Waals surface area (Å²) < 4.78 is 6.08. The molecule has 1 aliphatic rings. The molecule has 0 radical (unpaired) electrons. The number of hydrogen-bond acceptors (Lipinski definition) is 4. The zero-order valence-corrected chi connectivity index (χ0v) is 15.7. The Hall–Kier alpha value is -2.00. The maximum absolute atomic E-state index is 12.8. The Balaban J connectivity index is 1.97. The summed E-state index contributed by atoms with van der Waals surface area (Å²) in [4.78, 5) is 26.2. The fourth-order valence-electron chi connectivity index (χ4n) is 2.32. The van der Waals surface area contributed by atoms with E-state index in [1.807, 2.05) is 46.9 Å². The van der Waals surface area contributed by atoms with Crippen molar-refractivity contribution in [1.29, 1.82) is 0 Å². The van der Waals surface area contributed by atoms with Crippen LogP contribution in [-0.4, -0.2) is 16.9 Å². The summed E-state index contributed by atoms with van der Waals surface area (Å²) in [6.07, 6.45) is 2.33. The molecule has 2 amide bonds. The molecule has 5 nitrogen and oxygen atoms in total. The van der Waals surface area contributed by atoms with Gasteiger partial charge in [0.15, 0.2) is 8.88 Å². The molecule has 122 valence electrons. The summed E-state index contributed by atoms with van der Waals surface area (Å²) in [6.45, 7) is 2.05. The molecule has 0 spiro atoms. The fourth-order valence-corrected chi connectivity index (χ4v) is 3.04. The molecule has 1 aliphatic heterocycles. The molecule has 24 heavy (non-hydrogen) atoms. The molecule has 0 saturated carbocycles. The predicted octanol–water partition coefficient (Wildman–Crippen LogP) is 3.28. The maximum atomic E-state index is 12.8. The zero-order valence-electron chi connectivity index (χ0n) is 12.7. The Morgan fingerprint density at radius 1 is 1.21 bits per heavy atom. The van der Waals surface area contributed by atoms with E-state index >= 15 is 0 Å². The lowest BCUT2D eigenvalue weighted by molar-refractivity contribution is -0.122. The van der Waals surface area contributed by atoms with Gasteiger partial charge in [-0.3, -0.25) is 19.8 Å². The minimum Gasteiger partial charge on any atom is -0.451 e. The van der Waals surface area contributed by atoms with Crippen LogP contribution in [0.15, 0.2) is 46.4 Å². The number of thiocarbonyl (C=S) groups is 1. The van der Waals surface area contributed by atoms with Gasteiger partial charge in [0.1, 0.15) is 11.3 Å². The van der Waals surface area contributed by atoms with Crippen LogP contribution in [0.25, 0.3) is 6.08 Å². The molecule has 7 heteroatoms. The number of halogens is 1. The van der Waals surface area contributed by atoms with Crippen molar-refractivity contribution in [2.45, 2.75) is 13.3 Å². The first-order valence-corrected chi connectivity index (χ1v) is 8.74. The number of benzene rings is 1. The summed E-state index contributed by atoms with van der Waals surface area (Å²) in [5.74, 6) is -0.566. The third-order valence-corrected chi connectivity index (χ3v) is 4.45. The number of hydrogen-bond donors (Lipinski definition) is 1. The highest BCUT2D eigenvalue weighted by Gasteiger charge is 2.34. The van der Waals surface area contributed by atoms with Crippen molar-refractivity contribution >= 4 is 63.5 Å². The van der Waals surface area contributed by atoms with Crippen LogP contribution in [-0.2, 0) is 16.0 Å². The SMILES string of the molecule is CCc1ccc(N2C(=O)/C(=C/c3ccc(I)o3)C(=O)NC2=S)cc1. The molecule has 2 aromatic rings. The summed E-state index contributed by atoms with van der Waals surface area (Å²) in [6, 6.07) is 10.9. The van der Waals surface area contributed by atoms with Gasteiger partial charge >= 0.3 is 0 Å². The number of anilines is 1. The van der Waals surface area contributed by atoms with Crippen LogP contribution < -0.4 is 10.2 Å². The molecule has 3 rings (SSSR count). The van der Waals surface area contributed by atoms with Crippen LogP contribution in [0.2, 0.25) is 0 Å².